The van der Waals surface area contributed by atoms with E-state index in [0.29, 0.717) is 18.0 Å². The fraction of sp³-hybridized carbons (Fsp3) is 0.133. The number of halogens is 1. The van der Waals surface area contributed by atoms with Gasteiger partial charge in [0.1, 0.15) is 11.6 Å². The predicted molar refractivity (Wildman–Crippen MR) is 76.4 cm³/mol. The van der Waals surface area contributed by atoms with Crippen LogP contribution in [-0.4, -0.2) is 17.1 Å². The van der Waals surface area contributed by atoms with E-state index in [2.05, 4.69) is 15.3 Å². The first-order chi connectivity index (χ1) is 9.76. The molecule has 0 atom stereocenters. The number of nitrogens with one attached hydrogen (secondary N) is 2. The fourth-order valence-corrected chi connectivity index (χ4v) is 2.09. The molecule has 1 heterocycles. The SMILES string of the molecule is COc1ccccc1CNc1nc2ccc(F)cc2[nH]1. The van der Waals surface area contributed by atoms with Crippen molar-refractivity contribution in [1.82, 2.24) is 9.97 Å². The highest BCUT2D eigenvalue weighted by Crippen LogP contribution is 2.20. The molecule has 1 aromatic heterocycles. The van der Waals surface area contributed by atoms with Gasteiger partial charge in [-0.2, -0.15) is 0 Å². The van der Waals surface area contributed by atoms with E-state index in [-0.39, 0.29) is 5.82 Å². The van der Waals surface area contributed by atoms with Crippen LogP contribution in [0.1, 0.15) is 5.56 Å². The largest absolute Gasteiger partial charge is 0.496 e. The van der Waals surface area contributed by atoms with E-state index in [4.69, 9.17) is 4.74 Å². The lowest BCUT2D eigenvalue weighted by Gasteiger charge is -2.08. The Morgan fingerprint density at radius 3 is 2.95 bits per heavy atom. The van der Waals surface area contributed by atoms with E-state index >= 15 is 0 Å². The number of rotatable bonds is 4. The summed E-state index contributed by atoms with van der Waals surface area (Å²) in [6.45, 7) is 0.576. The van der Waals surface area contributed by atoms with Crippen LogP contribution in [0, 0.1) is 5.82 Å². The number of methoxy groups -OCH3 is 1. The average molecular weight is 271 g/mol. The van der Waals surface area contributed by atoms with Crippen LogP contribution in [0.15, 0.2) is 42.5 Å². The Bertz CT molecular complexity index is 739. The van der Waals surface area contributed by atoms with E-state index in [1.54, 1.807) is 13.2 Å². The minimum atomic E-state index is -0.280. The van der Waals surface area contributed by atoms with Crippen LogP contribution < -0.4 is 10.1 Å². The van der Waals surface area contributed by atoms with E-state index < -0.39 is 0 Å². The van der Waals surface area contributed by atoms with Crippen molar-refractivity contribution in [1.29, 1.82) is 0 Å². The lowest BCUT2D eigenvalue weighted by molar-refractivity contribution is 0.410. The van der Waals surface area contributed by atoms with Gasteiger partial charge in [-0.15, -0.1) is 0 Å². The molecule has 0 amide bonds. The molecule has 0 spiro atoms. The number of benzene rings is 2. The highest BCUT2D eigenvalue weighted by molar-refractivity contribution is 5.77. The fourth-order valence-electron chi connectivity index (χ4n) is 2.09. The smallest absolute Gasteiger partial charge is 0.201 e. The second-order valence-corrected chi connectivity index (χ2v) is 4.41. The second-order valence-electron chi connectivity index (χ2n) is 4.41. The first kappa shape index (κ1) is 12.5. The number of imidazole rings is 1. The van der Waals surface area contributed by atoms with E-state index in [1.165, 1.54) is 12.1 Å². The molecule has 0 saturated heterocycles. The molecule has 0 bridgehead atoms. The highest BCUT2D eigenvalue weighted by Gasteiger charge is 2.05. The van der Waals surface area contributed by atoms with Gasteiger partial charge in [0.25, 0.3) is 0 Å². The van der Waals surface area contributed by atoms with Gasteiger partial charge in [-0.3, -0.25) is 0 Å². The van der Waals surface area contributed by atoms with Crippen LogP contribution in [0.5, 0.6) is 5.75 Å². The zero-order valence-electron chi connectivity index (χ0n) is 11.0. The Balaban J connectivity index is 1.79. The first-order valence-electron chi connectivity index (χ1n) is 6.27. The lowest BCUT2D eigenvalue weighted by atomic mass is 10.2. The molecule has 0 aliphatic heterocycles. The standard InChI is InChI=1S/C15H14FN3O/c1-20-14-5-3-2-4-10(14)9-17-15-18-12-7-6-11(16)8-13(12)19-15/h2-8H,9H2,1H3,(H2,17,18,19). The summed E-state index contributed by atoms with van der Waals surface area (Å²) in [7, 11) is 1.64. The monoisotopic (exact) mass is 271 g/mol. The van der Waals surface area contributed by atoms with Crippen LogP contribution in [-0.2, 0) is 6.54 Å². The summed E-state index contributed by atoms with van der Waals surface area (Å²) in [5.74, 6) is 1.15. The molecule has 0 unspecified atom stereocenters. The predicted octanol–water partition coefficient (Wildman–Crippen LogP) is 3.32. The number of fused-ring (bicyclic) bond motifs is 1. The van der Waals surface area contributed by atoms with Gasteiger partial charge in [0.05, 0.1) is 18.1 Å². The molecule has 0 saturated carbocycles. The topological polar surface area (TPSA) is 49.9 Å². The minimum Gasteiger partial charge on any atom is -0.496 e. The maximum atomic E-state index is 13.1. The molecule has 3 aromatic rings. The third kappa shape index (κ3) is 2.42. The quantitative estimate of drug-likeness (QED) is 0.765. The van der Waals surface area contributed by atoms with Gasteiger partial charge in [-0.05, 0) is 24.3 Å². The number of anilines is 1. The Hall–Kier alpha value is -2.56. The Morgan fingerprint density at radius 1 is 1.25 bits per heavy atom. The molecular weight excluding hydrogens is 257 g/mol. The number of nitrogens with zero attached hydrogens (tertiary/aromatic N) is 1. The van der Waals surface area contributed by atoms with Gasteiger partial charge in [0.15, 0.2) is 0 Å². The summed E-state index contributed by atoms with van der Waals surface area (Å²) >= 11 is 0. The van der Waals surface area contributed by atoms with Gasteiger partial charge in [0.2, 0.25) is 5.95 Å². The third-order valence-electron chi connectivity index (χ3n) is 3.08. The van der Waals surface area contributed by atoms with Crippen molar-refractivity contribution in [2.75, 3.05) is 12.4 Å². The summed E-state index contributed by atoms with van der Waals surface area (Å²) in [5.41, 5.74) is 2.43. The number of para-hydroxylation sites is 1. The molecule has 4 nitrogen and oxygen atoms in total. The Kier molecular flexibility index (Phi) is 3.25. The number of ether oxygens (including phenoxy) is 1. The zero-order valence-corrected chi connectivity index (χ0v) is 11.0. The maximum absolute atomic E-state index is 13.1. The summed E-state index contributed by atoms with van der Waals surface area (Å²) in [5, 5.41) is 3.18. The zero-order chi connectivity index (χ0) is 13.9. The van der Waals surface area contributed by atoms with Crippen molar-refractivity contribution in [3.8, 4) is 5.75 Å². The Morgan fingerprint density at radius 2 is 2.10 bits per heavy atom. The Labute approximate surface area is 115 Å². The molecule has 0 radical (unpaired) electrons. The van der Waals surface area contributed by atoms with Crippen molar-refractivity contribution >= 4 is 17.0 Å². The molecular formula is C15H14FN3O. The molecule has 102 valence electrons. The molecule has 20 heavy (non-hydrogen) atoms. The highest BCUT2D eigenvalue weighted by atomic mass is 19.1. The molecule has 2 N–H and O–H groups in total. The van der Waals surface area contributed by atoms with Crippen molar-refractivity contribution in [3.05, 3.63) is 53.8 Å². The average Bonchev–Trinajstić information content (AvgIpc) is 2.87. The number of hydrogen-bond donors (Lipinski definition) is 2. The number of aromatic nitrogens is 2. The van der Waals surface area contributed by atoms with Gasteiger partial charge in [0, 0.05) is 12.1 Å². The van der Waals surface area contributed by atoms with E-state index in [9.17, 15) is 4.39 Å². The molecule has 3 rings (SSSR count). The van der Waals surface area contributed by atoms with Crippen molar-refractivity contribution < 1.29 is 9.13 Å². The van der Waals surface area contributed by atoms with E-state index in [0.717, 1.165) is 16.8 Å². The maximum Gasteiger partial charge on any atom is 0.201 e. The molecule has 0 aliphatic carbocycles. The second kappa shape index (κ2) is 5.21. The summed E-state index contributed by atoms with van der Waals surface area (Å²) in [4.78, 5) is 7.39. The van der Waals surface area contributed by atoms with Crippen molar-refractivity contribution in [3.63, 3.8) is 0 Å². The minimum absolute atomic E-state index is 0.280. The van der Waals surface area contributed by atoms with E-state index in [1.807, 2.05) is 24.3 Å². The van der Waals surface area contributed by atoms with Crippen LogP contribution in [0.3, 0.4) is 0 Å². The van der Waals surface area contributed by atoms with Gasteiger partial charge in [-0.25, -0.2) is 9.37 Å². The van der Waals surface area contributed by atoms with Crippen LogP contribution in [0.25, 0.3) is 11.0 Å². The number of hydrogen-bond acceptors (Lipinski definition) is 3. The number of aromatic amines is 1. The number of H-pyrrole nitrogens is 1. The normalized spacial score (nSPS) is 10.7. The van der Waals surface area contributed by atoms with Gasteiger partial charge in [-0.1, -0.05) is 18.2 Å². The summed E-state index contributed by atoms with van der Waals surface area (Å²) in [6.07, 6.45) is 0. The first-order valence-corrected chi connectivity index (χ1v) is 6.27. The van der Waals surface area contributed by atoms with Gasteiger partial charge >= 0.3 is 0 Å². The third-order valence-corrected chi connectivity index (χ3v) is 3.08. The summed E-state index contributed by atoms with van der Waals surface area (Å²) in [6, 6.07) is 12.2. The molecule has 5 heteroatoms. The van der Waals surface area contributed by atoms with Crippen molar-refractivity contribution in [2.45, 2.75) is 6.54 Å². The molecule has 0 fully saturated rings. The summed E-state index contributed by atoms with van der Waals surface area (Å²) < 4.78 is 18.4. The van der Waals surface area contributed by atoms with Gasteiger partial charge < -0.3 is 15.0 Å². The molecule has 2 aromatic carbocycles. The molecule has 0 aliphatic rings. The lowest BCUT2D eigenvalue weighted by Crippen LogP contribution is -2.02. The van der Waals surface area contributed by atoms with Crippen molar-refractivity contribution in [2.24, 2.45) is 0 Å². The van der Waals surface area contributed by atoms with Crippen LogP contribution in [0.2, 0.25) is 0 Å². The van der Waals surface area contributed by atoms with Crippen LogP contribution in [0.4, 0.5) is 10.3 Å². The van der Waals surface area contributed by atoms with Crippen LogP contribution >= 0.6 is 0 Å².